The second-order valence-electron chi connectivity index (χ2n) is 6.31. The third-order valence-electron chi connectivity index (χ3n) is 4.68. The number of esters is 1. The maximum absolute atomic E-state index is 13.1. The van der Waals surface area contributed by atoms with Gasteiger partial charge in [0.05, 0.1) is 16.6 Å². The summed E-state index contributed by atoms with van der Waals surface area (Å²) in [5.74, 6) is 0.243. The highest BCUT2D eigenvalue weighted by molar-refractivity contribution is 9.10. The predicted molar refractivity (Wildman–Crippen MR) is 108 cm³/mol. The number of halogens is 1. The molecule has 2 aromatic heterocycles. The minimum absolute atomic E-state index is 0.272. The Kier molecular flexibility index (Phi) is 4.66. The molecule has 3 aromatic rings. The Morgan fingerprint density at radius 2 is 2.04 bits per heavy atom. The summed E-state index contributed by atoms with van der Waals surface area (Å²) in [7, 11) is 0. The first-order valence-electron chi connectivity index (χ1n) is 8.76. The third kappa shape index (κ3) is 3.00. The summed E-state index contributed by atoms with van der Waals surface area (Å²) in [6, 6.07) is 10.0. The van der Waals surface area contributed by atoms with Crippen LogP contribution in [0.1, 0.15) is 19.0 Å². The first kappa shape index (κ1) is 17.7. The van der Waals surface area contributed by atoms with Crippen molar-refractivity contribution in [3.8, 4) is 5.95 Å². The number of nitrogens with zero attached hydrogens (tertiary/aromatic N) is 3. The summed E-state index contributed by atoms with van der Waals surface area (Å²) in [4.78, 5) is 22.0. The Morgan fingerprint density at radius 3 is 2.74 bits per heavy atom. The van der Waals surface area contributed by atoms with Crippen LogP contribution < -0.4 is 0 Å². The summed E-state index contributed by atoms with van der Waals surface area (Å²) < 4.78 is 8.20. The molecule has 1 atom stereocenters. The minimum Gasteiger partial charge on any atom is -0.465 e. The van der Waals surface area contributed by atoms with Crippen LogP contribution in [0.25, 0.3) is 16.9 Å². The Bertz CT molecular complexity index is 1050. The molecule has 1 aliphatic rings. The van der Waals surface area contributed by atoms with Gasteiger partial charge in [0.2, 0.25) is 5.95 Å². The van der Waals surface area contributed by atoms with Gasteiger partial charge in [-0.15, -0.1) is 0 Å². The van der Waals surface area contributed by atoms with Gasteiger partial charge in [-0.1, -0.05) is 42.5 Å². The number of benzene rings is 1. The molecular weight excluding hydrogens is 406 g/mol. The molecule has 1 aliphatic carbocycles. The van der Waals surface area contributed by atoms with E-state index in [4.69, 9.17) is 4.74 Å². The van der Waals surface area contributed by atoms with E-state index in [1.807, 2.05) is 66.1 Å². The van der Waals surface area contributed by atoms with Crippen molar-refractivity contribution in [1.82, 2.24) is 14.5 Å². The molecule has 0 bridgehead atoms. The van der Waals surface area contributed by atoms with Crippen molar-refractivity contribution in [2.24, 2.45) is 0 Å². The molecule has 0 radical (unpaired) electrons. The minimum atomic E-state index is -0.916. The van der Waals surface area contributed by atoms with E-state index in [2.05, 4.69) is 25.9 Å². The Labute approximate surface area is 165 Å². The van der Waals surface area contributed by atoms with Crippen molar-refractivity contribution in [1.29, 1.82) is 0 Å². The first-order valence-corrected chi connectivity index (χ1v) is 9.55. The average molecular weight is 424 g/mol. The van der Waals surface area contributed by atoms with Crippen molar-refractivity contribution in [2.45, 2.75) is 18.8 Å². The number of aromatic nitrogens is 3. The molecular formula is C21H18BrN3O2. The van der Waals surface area contributed by atoms with Gasteiger partial charge in [0.15, 0.2) is 0 Å². The van der Waals surface area contributed by atoms with Gasteiger partial charge in [-0.2, -0.15) is 0 Å². The zero-order valence-corrected chi connectivity index (χ0v) is 16.4. The van der Waals surface area contributed by atoms with Gasteiger partial charge in [-0.05, 0) is 41.4 Å². The van der Waals surface area contributed by atoms with Gasteiger partial charge in [0.25, 0.3) is 0 Å². The van der Waals surface area contributed by atoms with E-state index in [-0.39, 0.29) is 5.97 Å². The maximum Gasteiger partial charge on any atom is 0.322 e. The number of fused-ring (bicyclic) bond motifs is 1. The van der Waals surface area contributed by atoms with E-state index in [0.717, 1.165) is 21.1 Å². The van der Waals surface area contributed by atoms with E-state index in [1.54, 1.807) is 12.4 Å². The summed E-state index contributed by atoms with van der Waals surface area (Å²) in [6.45, 7) is 2.15. The van der Waals surface area contributed by atoms with Crippen LogP contribution in [-0.4, -0.2) is 27.1 Å². The topological polar surface area (TPSA) is 57.0 Å². The molecule has 0 aliphatic heterocycles. The number of carbonyl (C=O) groups is 1. The number of ether oxygens (including phenoxy) is 1. The molecule has 0 saturated carbocycles. The van der Waals surface area contributed by atoms with Gasteiger partial charge >= 0.3 is 5.97 Å². The van der Waals surface area contributed by atoms with Crippen LogP contribution in [0.4, 0.5) is 0 Å². The summed E-state index contributed by atoms with van der Waals surface area (Å²) in [6.07, 6.45) is 11.7. The highest BCUT2D eigenvalue weighted by Crippen LogP contribution is 2.38. The monoisotopic (exact) mass is 423 g/mol. The van der Waals surface area contributed by atoms with Crippen LogP contribution in [0.5, 0.6) is 0 Å². The van der Waals surface area contributed by atoms with Crippen molar-refractivity contribution >= 4 is 32.8 Å². The fourth-order valence-corrected chi connectivity index (χ4v) is 3.65. The van der Waals surface area contributed by atoms with Gasteiger partial charge in [0.1, 0.15) is 5.41 Å². The molecule has 4 rings (SSSR count). The number of para-hydroxylation sites is 1. The lowest BCUT2D eigenvalue weighted by Crippen LogP contribution is -2.38. The van der Waals surface area contributed by atoms with E-state index in [9.17, 15) is 4.79 Å². The smallest absolute Gasteiger partial charge is 0.322 e. The van der Waals surface area contributed by atoms with Gasteiger partial charge in [-0.3, -0.25) is 9.36 Å². The SMILES string of the molecule is CCOC(=O)C1(c2cc3ccccc3n2-c2ncc(Br)cn2)C=CC=CC1. The van der Waals surface area contributed by atoms with Gasteiger partial charge in [0, 0.05) is 23.5 Å². The first-order chi connectivity index (χ1) is 13.2. The van der Waals surface area contributed by atoms with E-state index in [1.165, 1.54) is 0 Å². The normalized spacial score (nSPS) is 18.7. The van der Waals surface area contributed by atoms with Crippen molar-refractivity contribution in [3.63, 3.8) is 0 Å². The van der Waals surface area contributed by atoms with Crippen LogP contribution in [0.3, 0.4) is 0 Å². The average Bonchev–Trinajstić information content (AvgIpc) is 3.09. The number of allylic oxidation sites excluding steroid dienone is 3. The van der Waals surface area contributed by atoms with E-state index < -0.39 is 5.41 Å². The third-order valence-corrected chi connectivity index (χ3v) is 5.09. The molecule has 27 heavy (non-hydrogen) atoms. The molecule has 5 nitrogen and oxygen atoms in total. The summed E-state index contributed by atoms with van der Waals surface area (Å²) >= 11 is 3.38. The number of hydrogen-bond donors (Lipinski definition) is 0. The molecule has 1 aromatic carbocycles. The standard InChI is InChI=1S/C21H18BrN3O2/c1-2-27-19(26)21(10-6-3-7-11-21)18-12-15-8-4-5-9-17(15)25(18)20-23-13-16(22)14-24-20/h3-10,12-14H,2,11H2,1H3. The molecule has 0 fully saturated rings. The molecule has 136 valence electrons. The quantitative estimate of drug-likeness (QED) is 0.579. The number of carbonyl (C=O) groups excluding carboxylic acids is 1. The molecule has 2 heterocycles. The van der Waals surface area contributed by atoms with Crippen LogP contribution in [0.2, 0.25) is 0 Å². The lowest BCUT2D eigenvalue weighted by atomic mass is 9.78. The predicted octanol–water partition coefficient (Wildman–Crippen LogP) is 4.50. The van der Waals surface area contributed by atoms with Crippen molar-refractivity contribution < 1.29 is 9.53 Å². The van der Waals surface area contributed by atoms with Gasteiger partial charge < -0.3 is 4.74 Å². The molecule has 0 amide bonds. The fourth-order valence-electron chi connectivity index (χ4n) is 3.45. The Balaban J connectivity index is 2.01. The fraction of sp³-hybridized carbons (Fsp3) is 0.190. The molecule has 6 heteroatoms. The van der Waals surface area contributed by atoms with E-state index in [0.29, 0.717) is 19.0 Å². The number of rotatable bonds is 4. The zero-order chi connectivity index (χ0) is 18.9. The van der Waals surface area contributed by atoms with Crippen LogP contribution >= 0.6 is 15.9 Å². The van der Waals surface area contributed by atoms with E-state index >= 15 is 0 Å². The van der Waals surface area contributed by atoms with Crippen molar-refractivity contribution in [2.75, 3.05) is 6.61 Å². The number of hydrogen-bond acceptors (Lipinski definition) is 4. The zero-order valence-electron chi connectivity index (χ0n) is 14.8. The highest BCUT2D eigenvalue weighted by Gasteiger charge is 2.42. The van der Waals surface area contributed by atoms with Gasteiger partial charge in [-0.25, -0.2) is 9.97 Å². The van der Waals surface area contributed by atoms with Crippen molar-refractivity contribution in [3.05, 3.63) is 77.2 Å². The second kappa shape index (κ2) is 7.12. The largest absolute Gasteiger partial charge is 0.465 e. The Morgan fingerprint density at radius 1 is 1.26 bits per heavy atom. The lowest BCUT2D eigenvalue weighted by molar-refractivity contribution is -0.148. The lowest BCUT2D eigenvalue weighted by Gasteiger charge is -2.30. The van der Waals surface area contributed by atoms with Crippen LogP contribution in [0.15, 0.2) is 71.5 Å². The summed E-state index contributed by atoms with van der Waals surface area (Å²) in [5, 5.41) is 1.02. The second-order valence-corrected chi connectivity index (χ2v) is 7.22. The Hall–Kier alpha value is -2.73. The van der Waals surface area contributed by atoms with Crippen LogP contribution in [-0.2, 0) is 14.9 Å². The molecule has 0 saturated heterocycles. The molecule has 0 spiro atoms. The highest BCUT2D eigenvalue weighted by atomic mass is 79.9. The van der Waals surface area contributed by atoms with Crippen LogP contribution in [0, 0.1) is 0 Å². The maximum atomic E-state index is 13.1. The summed E-state index contributed by atoms with van der Waals surface area (Å²) in [5.41, 5.74) is 0.826. The molecule has 1 unspecified atom stereocenters. The molecule has 0 N–H and O–H groups in total.